The first-order chi connectivity index (χ1) is 17.6. The Morgan fingerprint density at radius 2 is 1.94 bits per heavy atom. The van der Waals surface area contributed by atoms with Gasteiger partial charge in [-0.2, -0.15) is 5.10 Å². The summed E-state index contributed by atoms with van der Waals surface area (Å²) in [5.74, 6) is 0.821. The van der Waals surface area contributed by atoms with Crippen molar-refractivity contribution in [2.75, 3.05) is 13.2 Å². The van der Waals surface area contributed by atoms with Crippen molar-refractivity contribution in [3.8, 4) is 17.3 Å². The van der Waals surface area contributed by atoms with Crippen molar-refractivity contribution in [1.29, 1.82) is 0 Å². The Labute approximate surface area is 209 Å². The molecule has 0 spiro atoms. The first kappa shape index (κ1) is 23.8. The number of hydrogen-bond donors (Lipinski definition) is 0. The van der Waals surface area contributed by atoms with E-state index in [0.717, 1.165) is 24.1 Å². The summed E-state index contributed by atoms with van der Waals surface area (Å²) in [5, 5.41) is 4.81. The van der Waals surface area contributed by atoms with E-state index >= 15 is 0 Å². The summed E-state index contributed by atoms with van der Waals surface area (Å²) < 4.78 is 33.0. The Kier molecular flexibility index (Phi) is 7.13. The van der Waals surface area contributed by atoms with Gasteiger partial charge in [-0.15, -0.1) is 0 Å². The first-order valence-corrected chi connectivity index (χ1v) is 12.2. The second-order valence-electron chi connectivity index (χ2n) is 8.69. The number of para-hydroxylation sites is 1. The van der Waals surface area contributed by atoms with Gasteiger partial charge < -0.3 is 18.8 Å². The van der Waals surface area contributed by atoms with Crippen LogP contribution in [0.1, 0.15) is 41.6 Å². The lowest BCUT2D eigenvalue weighted by Gasteiger charge is -2.25. The third-order valence-corrected chi connectivity index (χ3v) is 6.20. The normalized spacial score (nSPS) is 15.2. The summed E-state index contributed by atoms with van der Waals surface area (Å²) in [5.41, 5.74) is 2.23. The molecule has 0 N–H and O–H groups in total. The average Bonchev–Trinajstić information content (AvgIpc) is 3.67. The Morgan fingerprint density at radius 1 is 1.14 bits per heavy atom. The molecule has 4 aromatic rings. The molecule has 7 nitrogen and oxygen atoms in total. The lowest BCUT2D eigenvalue weighted by molar-refractivity contribution is 0.0482. The van der Waals surface area contributed by atoms with E-state index < -0.39 is 0 Å². The predicted molar refractivity (Wildman–Crippen MR) is 132 cm³/mol. The SMILES string of the molecule is CCc1nn(-c2ccc(F)cc2)c(Oc2ccccc2)c1CN(CC1CCCO1)C(=O)c1ccco1. The molecule has 1 fully saturated rings. The Balaban J connectivity index is 1.57. The molecule has 1 amide bonds. The van der Waals surface area contributed by atoms with E-state index in [-0.39, 0.29) is 30.1 Å². The highest BCUT2D eigenvalue weighted by atomic mass is 19.1. The maximum atomic E-state index is 13.7. The van der Waals surface area contributed by atoms with Gasteiger partial charge in [0.25, 0.3) is 5.91 Å². The monoisotopic (exact) mass is 489 g/mol. The average molecular weight is 490 g/mol. The van der Waals surface area contributed by atoms with Crippen LogP contribution in [0.4, 0.5) is 4.39 Å². The van der Waals surface area contributed by atoms with Crippen molar-refractivity contribution in [3.05, 3.63) is 95.8 Å². The molecule has 1 unspecified atom stereocenters. The summed E-state index contributed by atoms with van der Waals surface area (Å²) in [6, 6.07) is 18.8. The van der Waals surface area contributed by atoms with Crippen molar-refractivity contribution >= 4 is 5.91 Å². The van der Waals surface area contributed by atoms with Crippen molar-refractivity contribution < 1.29 is 23.1 Å². The Morgan fingerprint density at radius 3 is 2.61 bits per heavy atom. The van der Waals surface area contributed by atoms with Gasteiger partial charge in [0.15, 0.2) is 5.76 Å². The fourth-order valence-corrected chi connectivity index (χ4v) is 4.38. The van der Waals surface area contributed by atoms with Crippen molar-refractivity contribution in [1.82, 2.24) is 14.7 Å². The minimum atomic E-state index is -0.334. The van der Waals surface area contributed by atoms with E-state index in [9.17, 15) is 9.18 Å². The third kappa shape index (κ3) is 5.18. The molecule has 2 aromatic carbocycles. The molecule has 1 aliphatic heterocycles. The van der Waals surface area contributed by atoms with E-state index in [0.29, 0.717) is 36.9 Å². The highest BCUT2D eigenvalue weighted by molar-refractivity contribution is 5.91. The van der Waals surface area contributed by atoms with Crippen LogP contribution in [0.5, 0.6) is 11.6 Å². The largest absolute Gasteiger partial charge is 0.459 e. The smallest absolute Gasteiger partial charge is 0.289 e. The topological polar surface area (TPSA) is 69.7 Å². The molecule has 1 atom stereocenters. The summed E-state index contributed by atoms with van der Waals surface area (Å²) >= 11 is 0. The number of aromatic nitrogens is 2. The number of furan rings is 1. The molecular weight excluding hydrogens is 461 g/mol. The number of amides is 1. The number of carbonyl (C=O) groups excluding carboxylic acids is 1. The van der Waals surface area contributed by atoms with Gasteiger partial charge in [-0.25, -0.2) is 9.07 Å². The molecule has 8 heteroatoms. The fraction of sp³-hybridized carbons (Fsp3) is 0.286. The van der Waals surface area contributed by atoms with Crippen LogP contribution in [0.15, 0.2) is 77.4 Å². The maximum absolute atomic E-state index is 13.7. The lowest BCUT2D eigenvalue weighted by atomic mass is 10.1. The van der Waals surface area contributed by atoms with Crippen LogP contribution >= 0.6 is 0 Å². The van der Waals surface area contributed by atoms with E-state index in [1.165, 1.54) is 18.4 Å². The van der Waals surface area contributed by atoms with E-state index in [1.807, 2.05) is 37.3 Å². The summed E-state index contributed by atoms with van der Waals surface area (Å²) in [7, 11) is 0. The fourth-order valence-electron chi connectivity index (χ4n) is 4.38. The molecule has 36 heavy (non-hydrogen) atoms. The van der Waals surface area contributed by atoms with Crippen LogP contribution in [0.3, 0.4) is 0 Å². The molecule has 1 aliphatic rings. The number of carbonyl (C=O) groups is 1. The van der Waals surface area contributed by atoms with E-state index in [4.69, 9.17) is 19.0 Å². The zero-order valence-electron chi connectivity index (χ0n) is 20.1. The molecule has 186 valence electrons. The second-order valence-corrected chi connectivity index (χ2v) is 8.69. The summed E-state index contributed by atoms with van der Waals surface area (Å²) in [4.78, 5) is 15.2. The van der Waals surface area contributed by atoms with E-state index in [2.05, 4.69) is 0 Å². The highest BCUT2D eigenvalue weighted by Crippen LogP contribution is 2.33. The van der Waals surface area contributed by atoms with Crippen LogP contribution in [0, 0.1) is 5.82 Å². The van der Waals surface area contributed by atoms with Gasteiger partial charge in [0.1, 0.15) is 11.6 Å². The van der Waals surface area contributed by atoms with Crippen LogP contribution in [-0.2, 0) is 17.7 Å². The molecule has 0 saturated carbocycles. The number of aryl methyl sites for hydroxylation is 1. The van der Waals surface area contributed by atoms with Crippen LogP contribution in [0.25, 0.3) is 5.69 Å². The maximum Gasteiger partial charge on any atom is 0.289 e. The van der Waals surface area contributed by atoms with Gasteiger partial charge in [0, 0.05) is 13.2 Å². The molecule has 0 aliphatic carbocycles. The number of hydrogen-bond acceptors (Lipinski definition) is 5. The number of ether oxygens (including phenoxy) is 2. The zero-order valence-corrected chi connectivity index (χ0v) is 20.1. The van der Waals surface area contributed by atoms with Crippen molar-refractivity contribution in [2.45, 2.75) is 38.8 Å². The minimum absolute atomic E-state index is 0.0420. The standard InChI is InChI=1S/C28H28FN3O4/c1-2-25-24(19-31(18-23-10-6-16-34-23)27(33)26-11-7-17-35-26)28(36-22-8-4-3-5-9-22)32(30-25)21-14-12-20(29)13-15-21/h3-5,7-9,11-15,17,23H,2,6,10,16,18-19H2,1H3. The highest BCUT2D eigenvalue weighted by Gasteiger charge is 2.29. The van der Waals surface area contributed by atoms with Crippen molar-refractivity contribution in [3.63, 3.8) is 0 Å². The second kappa shape index (κ2) is 10.8. The molecule has 0 bridgehead atoms. The first-order valence-electron chi connectivity index (χ1n) is 12.2. The van der Waals surface area contributed by atoms with Gasteiger partial charge in [-0.05, 0) is 67.8 Å². The predicted octanol–water partition coefficient (Wildman–Crippen LogP) is 5.78. The minimum Gasteiger partial charge on any atom is -0.459 e. The molecule has 3 heterocycles. The van der Waals surface area contributed by atoms with Gasteiger partial charge in [-0.3, -0.25) is 4.79 Å². The van der Waals surface area contributed by atoms with Gasteiger partial charge in [0.05, 0.1) is 35.9 Å². The zero-order chi connectivity index (χ0) is 24.9. The van der Waals surface area contributed by atoms with Gasteiger partial charge >= 0.3 is 0 Å². The van der Waals surface area contributed by atoms with E-state index in [1.54, 1.807) is 33.8 Å². The molecule has 0 radical (unpaired) electrons. The molecule has 5 rings (SSSR count). The molecule has 1 saturated heterocycles. The quantitative estimate of drug-likeness (QED) is 0.298. The number of halogens is 1. The van der Waals surface area contributed by atoms with Crippen LogP contribution < -0.4 is 4.74 Å². The Bertz CT molecular complexity index is 1280. The molecule has 2 aromatic heterocycles. The molecular formula is C28H28FN3O4. The summed E-state index contributed by atoms with van der Waals surface area (Å²) in [6.07, 6.45) is 3.94. The van der Waals surface area contributed by atoms with Crippen LogP contribution in [0.2, 0.25) is 0 Å². The van der Waals surface area contributed by atoms with Crippen molar-refractivity contribution in [2.24, 2.45) is 0 Å². The van der Waals surface area contributed by atoms with Gasteiger partial charge in [-0.1, -0.05) is 25.1 Å². The summed E-state index contributed by atoms with van der Waals surface area (Å²) in [6.45, 7) is 3.38. The third-order valence-electron chi connectivity index (χ3n) is 6.20. The lowest BCUT2D eigenvalue weighted by Crippen LogP contribution is -2.37. The number of benzene rings is 2. The number of rotatable bonds is 9. The van der Waals surface area contributed by atoms with Crippen LogP contribution in [-0.4, -0.2) is 39.8 Å². The Hall–Kier alpha value is -3.91. The van der Waals surface area contributed by atoms with Gasteiger partial charge in [0.2, 0.25) is 5.88 Å². The number of nitrogens with zero attached hydrogens (tertiary/aromatic N) is 3.